The van der Waals surface area contributed by atoms with E-state index in [-0.39, 0.29) is 5.63 Å². The monoisotopic (exact) mass is 354 g/mol. The number of hydrogen-bond acceptors (Lipinski definition) is 6. The van der Waals surface area contributed by atoms with Gasteiger partial charge in [0.1, 0.15) is 30.3 Å². The first-order chi connectivity index (χ1) is 12.6. The molecule has 0 spiro atoms. The Morgan fingerprint density at radius 1 is 0.962 bits per heavy atom. The molecule has 3 rings (SSSR count). The van der Waals surface area contributed by atoms with Gasteiger partial charge >= 0.3 is 11.6 Å². The summed E-state index contributed by atoms with van der Waals surface area (Å²) in [7, 11) is 1.34. The van der Waals surface area contributed by atoms with Crippen molar-refractivity contribution in [2.24, 2.45) is 0 Å². The normalized spacial score (nSPS) is 10.5. The van der Waals surface area contributed by atoms with Gasteiger partial charge in [-0.2, -0.15) is 0 Å². The van der Waals surface area contributed by atoms with E-state index in [0.717, 1.165) is 10.9 Å². The molecule has 0 amide bonds. The molecule has 0 saturated heterocycles. The minimum atomic E-state index is -0.391. The summed E-state index contributed by atoms with van der Waals surface area (Å²) in [6.45, 7) is 2.51. The van der Waals surface area contributed by atoms with E-state index in [1.165, 1.54) is 13.2 Å². The van der Waals surface area contributed by atoms with Crippen LogP contribution in [0, 0.1) is 6.92 Å². The van der Waals surface area contributed by atoms with Crippen molar-refractivity contribution in [3.05, 3.63) is 70.1 Å². The number of esters is 1. The maximum atomic E-state index is 11.5. The molecule has 1 heterocycles. The average molecular weight is 354 g/mol. The summed E-state index contributed by atoms with van der Waals surface area (Å²) in [5.41, 5.74) is 1.43. The lowest BCUT2D eigenvalue weighted by Gasteiger charge is -2.09. The third kappa shape index (κ3) is 4.03. The van der Waals surface area contributed by atoms with Crippen molar-refractivity contribution >= 4 is 16.9 Å². The third-order valence-electron chi connectivity index (χ3n) is 3.82. The Bertz CT molecular complexity index is 972. The van der Waals surface area contributed by atoms with Gasteiger partial charge < -0.3 is 18.6 Å². The van der Waals surface area contributed by atoms with Gasteiger partial charge in [-0.1, -0.05) is 0 Å². The molecule has 0 saturated carbocycles. The largest absolute Gasteiger partial charge is 0.490 e. The quantitative estimate of drug-likeness (QED) is 0.384. The van der Waals surface area contributed by atoms with Crippen LogP contribution in [0.1, 0.15) is 15.9 Å². The van der Waals surface area contributed by atoms with Crippen LogP contribution in [-0.4, -0.2) is 26.3 Å². The second-order valence-electron chi connectivity index (χ2n) is 5.62. The van der Waals surface area contributed by atoms with E-state index in [1.54, 1.807) is 30.3 Å². The standard InChI is InChI=1S/C20H18O6/c1-13-11-19(21)26-18-12-16(7-8-17(13)18)25-10-9-24-15-5-3-14(4-6-15)20(22)23-2/h3-8,11-12H,9-10H2,1-2H3. The average Bonchev–Trinajstić information content (AvgIpc) is 2.64. The molecule has 0 radical (unpaired) electrons. The number of rotatable bonds is 6. The maximum absolute atomic E-state index is 11.5. The predicted octanol–water partition coefficient (Wildman–Crippen LogP) is 3.35. The number of ether oxygens (including phenoxy) is 3. The zero-order valence-corrected chi connectivity index (χ0v) is 14.5. The summed E-state index contributed by atoms with van der Waals surface area (Å²) in [6, 6.07) is 13.5. The van der Waals surface area contributed by atoms with Crippen LogP contribution in [0.3, 0.4) is 0 Å². The summed E-state index contributed by atoms with van der Waals surface area (Å²) in [5.74, 6) is 0.829. The molecule has 3 aromatic rings. The van der Waals surface area contributed by atoms with Crippen LogP contribution in [0.25, 0.3) is 11.0 Å². The predicted molar refractivity (Wildman–Crippen MR) is 96.0 cm³/mol. The molecular formula is C20H18O6. The first-order valence-corrected chi connectivity index (χ1v) is 8.05. The fraction of sp³-hybridized carbons (Fsp3) is 0.200. The molecular weight excluding hydrogens is 336 g/mol. The van der Waals surface area contributed by atoms with E-state index in [1.807, 2.05) is 19.1 Å². The molecule has 1 aromatic heterocycles. The smallest absolute Gasteiger partial charge is 0.337 e. The molecule has 6 heteroatoms. The van der Waals surface area contributed by atoms with Crippen molar-refractivity contribution in [2.45, 2.75) is 6.92 Å². The summed E-state index contributed by atoms with van der Waals surface area (Å²) in [4.78, 5) is 22.8. The van der Waals surface area contributed by atoms with Crippen molar-refractivity contribution in [1.82, 2.24) is 0 Å². The van der Waals surface area contributed by atoms with Gasteiger partial charge in [0.25, 0.3) is 0 Å². The van der Waals surface area contributed by atoms with E-state index < -0.39 is 5.97 Å². The maximum Gasteiger partial charge on any atom is 0.337 e. The van der Waals surface area contributed by atoms with Crippen molar-refractivity contribution in [3.63, 3.8) is 0 Å². The third-order valence-corrected chi connectivity index (χ3v) is 3.82. The van der Waals surface area contributed by atoms with Crippen LogP contribution in [0.2, 0.25) is 0 Å². The van der Waals surface area contributed by atoms with Crippen LogP contribution < -0.4 is 15.1 Å². The van der Waals surface area contributed by atoms with Gasteiger partial charge in [-0.3, -0.25) is 0 Å². The van der Waals surface area contributed by atoms with Gasteiger partial charge in [-0.25, -0.2) is 9.59 Å². The van der Waals surface area contributed by atoms with E-state index in [4.69, 9.17) is 13.9 Å². The van der Waals surface area contributed by atoms with E-state index in [9.17, 15) is 9.59 Å². The second-order valence-corrected chi connectivity index (χ2v) is 5.62. The molecule has 0 atom stereocenters. The summed E-state index contributed by atoms with van der Waals surface area (Å²) >= 11 is 0. The Morgan fingerprint density at radius 3 is 2.31 bits per heavy atom. The minimum Gasteiger partial charge on any atom is -0.490 e. The fourth-order valence-electron chi connectivity index (χ4n) is 2.52. The summed E-state index contributed by atoms with van der Waals surface area (Å²) in [5, 5.41) is 0.874. The van der Waals surface area contributed by atoms with Gasteiger partial charge in [-0.15, -0.1) is 0 Å². The molecule has 0 aliphatic rings. The Balaban J connectivity index is 1.56. The molecule has 0 fully saturated rings. The lowest BCUT2D eigenvalue weighted by atomic mass is 10.1. The van der Waals surface area contributed by atoms with E-state index >= 15 is 0 Å². The fourth-order valence-corrected chi connectivity index (χ4v) is 2.52. The zero-order chi connectivity index (χ0) is 18.5. The zero-order valence-electron chi connectivity index (χ0n) is 14.5. The highest BCUT2D eigenvalue weighted by Crippen LogP contribution is 2.22. The van der Waals surface area contributed by atoms with Crippen molar-refractivity contribution < 1.29 is 23.4 Å². The Labute approximate surface area is 149 Å². The number of hydrogen-bond donors (Lipinski definition) is 0. The Morgan fingerprint density at radius 2 is 1.62 bits per heavy atom. The topological polar surface area (TPSA) is 75.0 Å². The molecule has 26 heavy (non-hydrogen) atoms. The SMILES string of the molecule is COC(=O)c1ccc(OCCOc2ccc3c(C)cc(=O)oc3c2)cc1. The number of aryl methyl sites for hydroxylation is 1. The second kappa shape index (κ2) is 7.74. The van der Waals surface area contributed by atoms with Gasteiger partial charge in [-0.05, 0) is 48.9 Å². The van der Waals surface area contributed by atoms with Crippen molar-refractivity contribution in [1.29, 1.82) is 0 Å². The van der Waals surface area contributed by atoms with Crippen LogP contribution in [0.15, 0.2) is 57.7 Å². The molecule has 134 valence electrons. The lowest BCUT2D eigenvalue weighted by molar-refractivity contribution is 0.0600. The van der Waals surface area contributed by atoms with Crippen LogP contribution >= 0.6 is 0 Å². The van der Waals surface area contributed by atoms with Gasteiger partial charge in [0.2, 0.25) is 0 Å². The highest BCUT2D eigenvalue weighted by molar-refractivity contribution is 5.89. The molecule has 0 aliphatic heterocycles. The summed E-state index contributed by atoms with van der Waals surface area (Å²) < 4.78 is 21.0. The van der Waals surface area contributed by atoms with Gasteiger partial charge in [0.05, 0.1) is 12.7 Å². The number of benzene rings is 2. The van der Waals surface area contributed by atoms with E-state index in [0.29, 0.717) is 35.9 Å². The van der Waals surface area contributed by atoms with Crippen LogP contribution in [-0.2, 0) is 4.74 Å². The molecule has 0 N–H and O–H groups in total. The number of methoxy groups -OCH3 is 1. The minimum absolute atomic E-state index is 0.320. The van der Waals surface area contributed by atoms with Gasteiger partial charge in [0.15, 0.2) is 0 Å². The van der Waals surface area contributed by atoms with Crippen molar-refractivity contribution in [3.8, 4) is 11.5 Å². The highest BCUT2D eigenvalue weighted by atomic mass is 16.5. The van der Waals surface area contributed by atoms with E-state index in [2.05, 4.69) is 4.74 Å². The molecule has 6 nitrogen and oxygen atoms in total. The Kier molecular flexibility index (Phi) is 5.22. The molecule has 0 unspecified atom stereocenters. The number of carbonyl (C=O) groups excluding carboxylic acids is 1. The highest BCUT2D eigenvalue weighted by Gasteiger charge is 2.06. The lowest BCUT2D eigenvalue weighted by Crippen LogP contribution is -2.09. The van der Waals surface area contributed by atoms with Crippen molar-refractivity contribution in [2.75, 3.05) is 20.3 Å². The number of carbonyl (C=O) groups is 1. The van der Waals surface area contributed by atoms with Gasteiger partial charge in [0, 0.05) is 17.5 Å². The Hall–Kier alpha value is -3.28. The molecule has 2 aromatic carbocycles. The molecule has 0 bridgehead atoms. The number of fused-ring (bicyclic) bond motifs is 1. The summed E-state index contributed by atoms with van der Waals surface area (Å²) in [6.07, 6.45) is 0. The van der Waals surface area contributed by atoms with Crippen LogP contribution in [0.4, 0.5) is 0 Å². The first kappa shape index (κ1) is 17.5. The molecule has 0 aliphatic carbocycles. The van der Waals surface area contributed by atoms with Crippen LogP contribution in [0.5, 0.6) is 11.5 Å². The first-order valence-electron chi connectivity index (χ1n) is 8.05.